The molecule has 0 heterocycles. The summed E-state index contributed by atoms with van der Waals surface area (Å²) in [5.74, 6) is 0.436. The zero-order valence-electron chi connectivity index (χ0n) is 11.3. The van der Waals surface area contributed by atoms with Crippen molar-refractivity contribution in [3.8, 4) is 11.5 Å². The summed E-state index contributed by atoms with van der Waals surface area (Å²) in [6.45, 7) is 1.68. The fourth-order valence-corrected chi connectivity index (χ4v) is 2.52. The standard InChI is InChI=1S/C15H17F3O2/c1-9-12(10-5-6-10)7-8-13(19-11-3-2-4-11)14(9)20-15(16,17)18/h7-8,10-11H,2-6H2,1H3. The Morgan fingerprint density at radius 1 is 1.10 bits per heavy atom. The van der Waals surface area contributed by atoms with Gasteiger partial charge in [-0.15, -0.1) is 13.2 Å². The van der Waals surface area contributed by atoms with Crippen LogP contribution >= 0.6 is 0 Å². The Kier molecular flexibility index (Phi) is 3.30. The van der Waals surface area contributed by atoms with Gasteiger partial charge < -0.3 is 9.47 Å². The molecule has 0 spiro atoms. The molecule has 2 aliphatic carbocycles. The second-order valence-electron chi connectivity index (χ2n) is 5.60. The summed E-state index contributed by atoms with van der Waals surface area (Å²) in [5, 5.41) is 0. The Balaban J connectivity index is 1.92. The lowest BCUT2D eigenvalue weighted by atomic mass is 9.96. The highest BCUT2D eigenvalue weighted by Crippen LogP contribution is 2.47. The molecule has 0 bridgehead atoms. The van der Waals surface area contributed by atoms with E-state index in [9.17, 15) is 13.2 Å². The van der Waals surface area contributed by atoms with E-state index in [-0.39, 0.29) is 17.6 Å². The Morgan fingerprint density at radius 3 is 2.30 bits per heavy atom. The molecule has 20 heavy (non-hydrogen) atoms. The minimum absolute atomic E-state index is 0.0248. The summed E-state index contributed by atoms with van der Waals surface area (Å²) in [6.07, 6.45) is 0.273. The van der Waals surface area contributed by atoms with Gasteiger partial charge in [0, 0.05) is 0 Å². The fourth-order valence-electron chi connectivity index (χ4n) is 2.52. The van der Waals surface area contributed by atoms with Crippen LogP contribution in [-0.2, 0) is 0 Å². The number of benzene rings is 1. The van der Waals surface area contributed by atoms with Gasteiger partial charge in [-0.25, -0.2) is 0 Å². The van der Waals surface area contributed by atoms with Crippen LogP contribution < -0.4 is 9.47 Å². The van der Waals surface area contributed by atoms with Crippen molar-refractivity contribution in [2.24, 2.45) is 0 Å². The lowest BCUT2D eigenvalue weighted by Crippen LogP contribution is -2.26. The van der Waals surface area contributed by atoms with Crippen LogP contribution in [0.4, 0.5) is 13.2 Å². The molecule has 0 unspecified atom stereocenters. The molecule has 3 rings (SSSR count). The largest absolute Gasteiger partial charge is 0.573 e. The van der Waals surface area contributed by atoms with Gasteiger partial charge in [-0.05, 0) is 62.1 Å². The van der Waals surface area contributed by atoms with Crippen LogP contribution in [0.25, 0.3) is 0 Å². The van der Waals surface area contributed by atoms with Gasteiger partial charge in [-0.1, -0.05) is 6.07 Å². The van der Waals surface area contributed by atoms with Crippen molar-refractivity contribution in [2.45, 2.75) is 57.4 Å². The number of alkyl halides is 3. The summed E-state index contributed by atoms with van der Waals surface area (Å²) in [5.41, 5.74) is 1.51. The monoisotopic (exact) mass is 286 g/mol. The van der Waals surface area contributed by atoms with Crippen LogP contribution in [0, 0.1) is 6.92 Å². The summed E-state index contributed by atoms with van der Waals surface area (Å²) in [7, 11) is 0. The zero-order valence-corrected chi connectivity index (χ0v) is 11.3. The highest BCUT2D eigenvalue weighted by Gasteiger charge is 2.36. The topological polar surface area (TPSA) is 18.5 Å². The summed E-state index contributed by atoms with van der Waals surface area (Å²) in [6, 6.07) is 3.50. The van der Waals surface area contributed by atoms with Crippen molar-refractivity contribution in [1.82, 2.24) is 0 Å². The Bertz CT molecular complexity index is 503. The first-order valence-electron chi connectivity index (χ1n) is 7.00. The van der Waals surface area contributed by atoms with Crippen molar-refractivity contribution in [1.29, 1.82) is 0 Å². The molecule has 2 nitrogen and oxygen atoms in total. The van der Waals surface area contributed by atoms with Crippen molar-refractivity contribution in [3.05, 3.63) is 23.3 Å². The molecule has 0 saturated heterocycles. The Labute approximate surface area is 115 Å². The first-order chi connectivity index (χ1) is 9.44. The Morgan fingerprint density at radius 2 is 1.80 bits per heavy atom. The molecule has 0 aromatic heterocycles. The second kappa shape index (κ2) is 4.86. The van der Waals surface area contributed by atoms with E-state index in [1.54, 1.807) is 13.0 Å². The van der Waals surface area contributed by atoms with E-state index in [2.05, 4.69) is 4.74 Å². The fraction of sp³-hybridized carbons (Fsp3) is 0.600. The first-order valence-corrected chi connectivity index (χ1v) is 7.00. The van der Waals surface area contributed by atoms with Crippen LogP contribution in [0.5, 0.6) is 11.5 Å². The summed E-state index contributed by atoms with van der Waals surface area (Å²) >= 11 is 0. The third-order valence-corrected chi connectivity index (χ3v) is 3.99. The average molecular weight is 286 g/mol. The van der Waals surface area contributed by atoms with Gasteiger partial charge in [0.05, 0.1) is 6.10 Å². The summed E-state index contributed by atoms with van der Waals surface area (Å²) in [4.78, 5) is 0. The van der Waals surface area contributed by atoms with E-state index < -0.39 is 6.36 Å². The van der Waals surface area contributed by atoms with Crippen LogP contribution in [0.2, 0.25) is 0 Å². The molecule has 1 aromatic rings. The van der Waals surface area contributed by atoms with E-state index in [1.165, 1.54) is 0 Å². The van der Waals surface area contributed by atoms with Crippen LogP contribution in [0.1, 0.15) is 49.1 Å². The maximum absolute atomic E-state index is 12.6. The Hall–Kier alpha value is -1.39. The van der Waals surface area contributed by atoms with Crippen molar-refractivity contribution in [3.63, 3.8) is 0 Å². The minimum Gasteiger partial charge on any atom is -0.487 e. The first kappa shape index (κ1) is 13.6. The number of rotatable bonds is 4. The number of halogens is 3. The normalized spacial score (nSPS) is 19.6. The predicted molar refractivity (Wildman–Crippen MR) is 68.1 cm³/mol. The van der Waals surface area contributed by atoms with Gasteiger partial charge in [0.2, 0.25) is 0 Å². The molecule has 2 fully saturated rings. The third-order valence-electron chi connectivity index (χ3n) is 3.99. The minimum atomic E-state index is -4.69. The highest BCUT2D eigenvalue weighted by molar-refractivity contribution is 5.52. The summed E-state index contributed by atoms with van der Waals surface area (Å²) < 4.78 is 47.7. The molecule has 2 saturated carbocycles. The molecule has 5 heteroatoms. The highest BCUT2D eigenvalue weighted by atomic mass is 19.4. The molecule has 0 atom stereocenters. The van der Waals surface area contributed by atoms with E-state index in [0.29, 0.717) is 11.5 Å². The molecule has 2 aliphatic rings. The molecule has 1 aromatic carbocycles. The van der Waals surface area contributed by atoms with Gasteiger partial charge in [-0.2, -0.15) is 0 Å². The number of hydrogen-bond acceptors (Lipinski definition) is 2. The van der Waals surface area contributed by atoms with E-state index >= 15 is 0 Å². The SMILES string of the molecule is Cc1c(C2CC2)ccc(OC2CCC2)c1OC(F)(F)F. The molecule has 0 N–H and O–H groups in total. The smallest absolute Gasteiger partial charge is 0.487 e. The van der Waals surface area contributed by atoms with Gasteiger partial charge in [0.15, 0.2) is 11.5 Å². The van der Waals surface area contributed by atoms with E-state index in [0.717, 1.165) is 37.7 Å². The van der Waals surface area contributed by atoms with E-state index in [1.807, 2.05) is 6.07 Å². The van der Waals surface area contributed by atoms with Crippen LogP contribution in [-0.4, -0.2) is 12.5 Å². The maximum atomic E-state index is 12.6. The van der Waals surface area contributed by atoms with Gasteiger partial charge in [-0.3, -0.25) is 0 Å². The molecule has 0 radical (unpaired) electrons. The van der Waals surface area contributed by atoms with Crippen LogP contribution in [0.15, 0.2) is 12.1 Å². The van der Waals surface area contributed by atoms with Gasteiger partial charge in [0.25, 0.3) is 0 Å². The number of ether oxygens (including phenoxy) is 2. The lowest BCUT2D eigenvalue weighted by Gasteiger charge is -2.28. The third kappa shape index (κ3) is 2.86. The maximum Gasteiger partial charge on any atom is 0.573 e. The number of hydrogen-bond donors (Lipinski definition) is 0. The van der Waals surface area contributed by atoms with Gasteiger partial charge in [0.1, 0.15) is 0 Å². The quantitative estimate of drug-likeness (QED) is 0.798. The second-order valence-corrected chi connectivity index (χ2v) is 5.60. The molecular weight excluding hydrogens is 269 g/mol. The van der Waals surface area contributed by atoms with Crippen molar-refractivity contribution < 1.29 is 22.6 Å². The molecule has 0 amide bonds. The van der Waals surface area contributed by atoms with Crippen molar-refractivity contribution in [2.75, 3.05) is 0 Å². The molecular formula is C15H17F3O2. The molecule has 0 aliphatic heterocycles. The zero-order chi connectivity index (χ0) is 14.3. The van der Waals surface area contributed by atoms with Gasteiger partial charge >= 0.3 is 6.36 Å². The van der Waals surface area contributed by atoms with Crippen LogP contribution in [0.3, 0.4) is 0 Å². The average Bonchev–Trinajstić information content (AvgIpc) is 3.10. The lowest BCUT2D eigenvalue weighted by molar-refractivity contribution is -0.275. The predicted octanol–water partition coefficient (Wildman–Crippen LogP) is 4.70. The van der Waals surface area contributed by atoms with Crippen molar-refractivity contribution >= 4 is 0 Å². The van der Waals surface area contributed by atoms with E-state index in [4.69, 9.17) is 4.74 Å². The molecule has 110 valence electrons.